The van der Waals surface area contributed by atoms with Crippen LogP contribution in [0, 0.1) is 5.82 Å². The van der Waals surface area contributed by atoms with Gasteiger partial charge in [0.05, 0.1) is 11.3 Å². The highest BCUT2D eigenvalue weighted by molar-refractivity contribution is 7.13. The van der Waals surface area contributed by atoms with Crippen LogP contribution in [-0.4, -0.2) is 20.3 Å². The summed E-state index contributed by atoms with van der Waals surface area (Å²) in [5.74, 6) is -0.571. The quantitative estimate of drug-likeness (QED) is 0.617. The number of imidazole rings is 1. The summed E-state index contributed by atoms with van der Waals surface area (Å²) >= 11 is 1.35. The zero-order valence-electron chi connectivity index (χ0n) is 12.3. The molecule has 0 saturated heterocycles. The molecule has 0 bridgehead atoms. The van der Waals surface area contributed by atoms with Crippen molar-refractivity contribution in [2.24, 2.45) is 0 Å². The summed E-state index contributed by atoms with van der Waals surface area (Å²) in [6, 6.07) is 9.57. The van der Waals surface area contributed by atoms with Gasteiger partial charge in [0.25, 0.3) is 5.91 Å². The van der Waals surface area contributed by atoms with Crippen LogP contribution in [0.1, 0.15) is 10.4 Å². The third kappa shape index (κ3) is 2.65. The highest BCUT2D eigenvalue weighted by Crippen LogP contribution is 2.22. The Morgan fingerprint density at radius 1 is 1.21 bits per heavy atom. The summed E-state index contributed by atoms with van der Waals surface area (Å²) < 4.78 is 14.8. The van der Waals surface area contributed by atoms with E-state index in [1.54, 1.807) is 40.2 Å². The van der Waals surface area contributed by atoms with Gasteiger partial charge in [-0.15, -0.1) is 11.3 Å². The second kappa shape index (κ2) is 5.86. The highest BCUT2D eigenvalue weighted by atomic mass is 32.1. The lowest BCUT2D eigenvalue weighted by Crippen LogP contribution is -2.13. The number of amides is 1. The van der Waals surface area contributed by atoms with Crippen molar-refractivity contribution in [3.63, 3.8) is 0 Å². The van der Waals surface area contributed by atoms with E-state index < -0.39 is 0 Å². The number of carbonyl (C=O) groups excluding carboxylic acids is 1. The van der Waals surface area contributed by atoms with E-state index in [2.05, 4.69) is 15.3 Å². The number of nitrogens with zero attached hydrogens (tertiary/aromatic N) is 3. The van der Waals surface area contributed by atoms with E-state index in [1.165, 1.54) is 23.5 Å². The zero-order chi connectivity index (χ0) is 16.5. The average molecular weight is 338 g/mol. The molecule has 4 aromatic rings. The van der Waals surface area contributed by atoms with Gasteiger partial charge in [-0.25, -0.2) is 14.4 Å². The topological polar surface area (TPSA) is 59.3 Å². The van der Waals surface area contributed by atoms with Gasteiger partial charge >= 0.3 is 0 Å². The van der Waals surface area contributed by atoms with E-state index >= 15 is 0 Å². The molecule has 0 fully saturated rings. The Hall–Kier alpha value is -3.06. The standard InChI is InChI=1S/C17H11FN4OS/c18-12-5-3-11(4-6-12)14-10-22-8-1-2-13(15(22)20-14)16(23)21-17-19-7-9-24-17/h1-10H,(H,19,21,23). The van der Waals surface area contributed by atoms with Crippen LogP contribution in [0.5, 0.6) is 0 Å². The van der Waals surface area contributed by atoms with E-state index in [9.17, 15) is 9.18 Å². The van der Waals surface area contributed by atoms with Crippen LogP contribution < -0.4 is 5.32 Å². The largest absolute Gasteiger partial charge is 0.306 e. The Labute approximate surface area is 140 Å². The first kappa shape index (κ1) is 14.5. The Morgan fingerprint density at radius 3 is 2.79 bits per heavy atom. The number of hydrogen-bond donors (Lipinski definition) is 1. The molecule has 7 heteroatoms. The molecular weight excluding hydrogens is 327 g/mol. The van der Waals surface area contributed by atoms with Crippen molar-refractivity contribution in [3.8, 4) is 11.3 Å². The summed E-state index contributed by atoms with van der Waals surface area (Å²) in [4.78, 5) is 21.0. The number of halogens is 1. The van der Waals surface area contributed by atoms with Crippen molar-refractivity contribution in [2.45, 2.75) is 0 Å². The maximum Gasteiger partial charge on any atom is 0.261 e. The SMILES string of the molecule is O=C(Nc1nccs1)c1cccn2cc(-c3ccc(F)cc3)nc12. The van der Waals surface area contributed by atoms with Crippen LogP contribution >= 0.6 is 11.3 Å². The van der Waals surface area contributed by atoms with Gasteiger partial charge in [-0.1, -0.05) is 0 Å². The van der Waals surface area contributed by atoms with E-state index in [0.29, 0.717) is 22.0 Å². The van der Waals surface area contributed by atoms with Gasteiger partial charge in [0.1, 0.15) is 11.5 Å². The normalized spacial score (nSPS) is 10.9. The fourth-order valence-corrected chi connectivity index (χ4v) is 2.92. The van der Waals surface area contributed by atoms with Crippen LogP contribution in [-0.2, 0) is 0 Å². The molecule has 0 radical (unpaired) electrons. The maximum atomic E-state index is 13.1. The van der Waals surface area contributed by atoms with Crippen molar-refractivity contribution in [3.05, 3.63) is 71.7 Å². The van der Waals surface area contributed by atoms with Crippen molar-refractivity contribution < 1.29 is 9.18 Å². The van der Waals surface area contributed by atoms with Crippen LogP contribution in [0.25, 0.3) is 16.9 Å². The lowest BCUT2D eigenvalue weighted by molar-refractivity contribution is 0.102. The highest BCUT2D eigenvalue weighted by Gasteiger charge is 2.15. The fraction of sp³-hybridized carbons (Fsp3) is 0. The van der Waals surface area contributed by atoms with E-state index in [0.717, 1.165) is 5.56 Å². The van der Waals surface area contributed by atoms with Crippen LogP contribution in [0.15, 0.2) is 60.4 Å². The van der Waals surface area contributed by atoms with Crippen LogP contribution in [0.2, 0.25) is 0 Å². The summed E-state index contributed by atoms with van der Waals surface area (Å²) in [6.45, 7) is 0. The molecular formula is C17H11FN4OS. The van der Waals surface area contributed by atoms with Crippen LogP contribution in [0.3, 0.4) is 0 Å². The van der Waals surface area contributed by atoms with Gasteiger partial charge in [-0.3, -0.25) is 10.1 Å². The molecule has 118 valence electrons. The van der Waals surface area contributed by atoms with Gasteiger partial charge in [0, 0.05) is 29.5 Å². The van der Waals surface area contributed by atoms with E-state index in [1.807, 2.05) is 12.4 Å². The number of carbonyl (C=O) groups is 1. The minimum absolute atomic E-state index is 0.271. The van der Waals surface area contributed by atoms with Crippen molar-refractivity contribution in [1.29, 1.82) is 0 Å². The third-order valence-corrected chi connectivity index (χ3v) is 4.21. The monoisotopic (exact) mass is 338 g/mol. The van der Waals surface area contributed by atoms with E-state index in [4.69, 9.17) is 0 Å². The first-order valence-corrected chi connectivity index (χ1v) is 8.03. The number of nitrogens with one attached hydrogen (secondary N) is 1. The first-order valence-electron chi connectivity index (χ1n) is 7.15. The second-order valence-corrected chi connectivity index (χ2v) is 5.97. The van der Waals surface area contributed by atoms with Gasteiger partial charge in [-0.05, 0) is 36.4 Å². The molecule has 0 saturated carbocycles. The van der Waals surface area contributed by atoms with E-state index in [-0.39, 0.29) is 11.7 Å². The smallest absolute Gasteiger partial charge is 0.261 e. The lowest BCUT2D eigenvalue weighted by atomic mass is 10.2. The molecule has 3 aromatic heterocycles. The Kier molecular flexibility index (Phi) is 3.55. The van der Waals surface area contributed by atoms with Crippen molar-refractivity contribution >= 4 is 28.0 Å². The average Bonchev–Trinajstić information content (AvgIpc) is 3.24. The fourth-order valence-electron chi connectivity index (χ4n) is 2.40. The number of benzene rings is 1. The zero-order valence-corrected chi connectivity index (χ0v) is 13.1. The Morgan fingerprint density at radius 2 is 2.04 bits per heavy atom. The van der Waals surface area contributed by atoms with Crippen LogP contribution in [0.4, 0.5) is 9.52 Å². The van der Waals surface area contributed by atoms with Gasteiger partial charge in [0.15, 0.2) is 5.13 Å². The maximum absolute atomic E-state index is 13.1. The molecule has 0 unspecified atom stereocenters. The minimum atomic E-state index is -0.300. The van der Waals surface area contributed by atoms with Gasteiger partial charge < -0.3 is 4.40 Å². The molecule has 1 N–H and O–H groups in total. The number of thiazole rings is 1. The number of rotatable bonds is 3. The van der Waals surface area contributed by atoms with Crippen molar-refractivity contribution in [2.75, 3.05) is 5.32 Å². The molecule has 3 heterocycles. The molecule has 0 aliphatic carbocycles. The Balaban J connectivity index is 1.74. The number of aromatic nitrogens is 3. The molecule has 0 aliphatic rings. The number of hydrogen-bond acceptors (Lipinski definition) is 4. The molecule has 1 aromatic carbocycles. The summed E-state index contributed by atoms with van der Waals surface area (Å²) in [5, 5.41) is 5.08. The molecule has 0 spiro atoms. The predicted octanol–water partition coefficient (Wildman–Crippen LogP) is 3.85. The molecule has 1 amide bonds. The Bertz CT molecular complexity index is 1010. The number of fused-ring (bicyclic) bond motifs is 1. The molecule has 4 rings (SSSR count). The predicted molar refractivity (Wildman–Crippen MR) is 90.7 cm³/mol. The molecule has 24 heavy (non-hydrogen) atoms. The van der Waals surface area contributed by atoms with Gasteiger partial charge in [0.2, 0.25) is 0 Å². The molecule has 0 atom stereocenters. The summed E-state index contributed by atoms with van der Waals surface area (Å²) in [6.07, 6.45) is 5.25. The van der Waals surface area contributed by atoms with Gasteiger partial charge in [-0.2, -0.15) is 0 Å². The van der Waals surface area contributed by atoms with Crippen molar-refractivity contribution in [1.82, 2.24) is 14.4 Å². The first-order chi connectivity index (χ1) is 11.7. The number of anilines is 1. The minimum Gasteiger partial charge on any atom is -0.306 e. The molecule has 5 nitrogen and oxygen atoms in total. The number of pyridine rings is 1. The third-order valence-electron chi connectivity index (χ3n) is 3.52. The summed E-state index contributed by atoms with van der Waals surface area (Å²) in [7, 11) is 0. The summed E-state index contributed by atoms with van der Waals surface area (Å²) in [5.41, 5.74) is 2.43. The second-order valence-electron chi connectivity index (χ2n) is 5.08. The lowest BCUT2D eigenvalue weighted by Gasteiger charge is -2.03. The molecule has 0 aliphatic heterocycles.